The van der Waals surface area contributed by atoms with Gasteiger partial charge in [-0.2, -0.15) is 0 Å². The van der Waals surface area contributed by atoms with Crippen molar-refractivity contribution in [2.75, 3.05) is 0 Å². The van der Waals surface area contributed by atoms with Crippen LogP contribution in [0.15, 0.2) is 78.9 Å². The van der Waals surface area contributed by atoms with E-state index in [4.69, 9.17) is 4.74 Å². The molecule has 0 fully saturated rings. The molecule has 0 saturated heterocycles. The van der Waals surface area contributed by atoms with Gasteiger partial charge < -0.3 is 9.84 Å². The molecule has 1 aliphatic rings. The molecule has 27 heavy (non-hydrogen) atoms. The molecule has 0 aliphatic carbocycles. The molecular formula is C23H18O4. The van der Waals surface area contributed by atoms with E-state index in [2.05, 4.69) is 0 Å². The van der Waals surface area contributed by atoms with Gasteiger partial charge in [-0.25, -0.2) is 0 Å². The van der Waals surface area contributed by atoms with Gasteiger partial charge in [-0.1, -0.05) is 72.8 Å². The summed E-state index contributed by atoms with van der Waals surface area (Å²) >= 11 is 0. The van der Waals surface area contributed by atoms with Gasteiger partial charge >= 0.3 is 5.97 Å². The summed E-state index contributed by atoms with van der Waals surface area (Å²) in [7, 11) is 0. The van der Waals surface area contributed by atoms with Crippen LogP contribution < -0.4 is 4.74 Å². The van der Waals surface area contributed by atoms with Crippen molar-refractivity contribution in [3.8, 4) is 16.9 Å². The van der Waals surface area contributed by atoms with Crippen LogP contribution in [0.2, 0.25) is 0 Å². The SMILES string of the molecule is O=C(O)CC1c2ccccc2OC1C(=O)c1ccc(-c2ccccc2)cc1. The predicted molar refractivity (Wildman–Crippen MR) is 102 cm³/mol. The lowest BCUT2D eigenvalue weighted by Crippen LogP contribution is -2.30. The minimum atomic E-state index is -0.947. The third-order valence-electron chi connectivity index (χ3n) is 4.87. The van der Waals surface area contributed by atoms with E-state index in [0.29, 0.717) is 11.3 Å². The second kappa shape index (κ2) is 7.08. The lowest BCUT2D eigenvalue weighted by atomic mass is 9.88. The van der Waals surface area contributed by atoms with Gasteiger partial charge in [0.15, 0.2) is 6.10 Å². The third kappa shape index (κ3) is 3.34. The standard InChI is InChI=1S/C23H18O4/c24-21(25)14-19-18-8-4-5-9-20(18)27-23(19)22(26)17-12-10-16(11-13-17)15-6-2-1-3-7-15/h1-13,19,23H,14H2,(H,24,25). The zero-order valence-corrected chi connectivity index (χ0v) is 14.5. The summed E-state index contributed by atoms with van der Waals surface area (Å²) in [5, 5.41) is 9.27. The first kappa shape index (κ1) is 17.0. The molecule has 3 aromatic rings. The van der Waals surface area contributed by atoms with Gasteiger partial charge in [-0.05, 0) is 17.2 Å². The summed E-state index contributed by atoms with van der Waals surface area (Å²) in [6.07, 6.45) is -0.962. The number of carbonyl (C=O) groups excluding carboxylic acids is 1. The van der Waals surface area contributed by atoms with Crippen LogP contribution in [0.3, 0.4) is 0 Å². The summed E-state index contributed by atoms with van der Waals surface area (Å²) < 4.78 is 5.84. The quantitative estimate of drug-likeness (QED) is 0.679. The van der Waals surface area contributed by atoms with Gasteiger partial charge in [0, 0.05) is 17.0 Å². The predicted octanol–water partition coefficient (Wildman–Crippen LogP) is 4.56. The average molecular weight is 358 g/mol. The number of carboxylic acid groups (broad SMARTS) is 1. The maximum absolute atomic E-state index is 13.0. The van der Waals surface area contributed by atoms with Crippen molar-refractivity contribution in [2.24, 2.45) is 0 Å². The smallest absolute Gasteiger partial charge is 0.304 e. The van der Waals surface area contributed by atoms with Crippen molar-refractivity contribution >= 4 is 11.8 Å². The van der Waals surface area contributed by atoms with E-state index < -0.39 is 18.0 Å². The molecule has 0 aromatic heterocycles. The van der Waals surface area contributed by atoms with E-state index in [-0.39, 0.29) is 12.2 Å². The summed E-state index contributed by atoms with van der Waals surface area (Å²) in [5.41, 5.74) is 3.39. The van der Waals surface area contributed by atoms with Crippen LogP contribution in [0.1, 0.15) is 28.3 Å². The van der Waals surface area contributed by atoms with Gasteiger partial charge in [-0.15, -0.1) is 0 Å². The van der Waals surface area contributed by atoms with Crippen molar-refractivity contribution in [2.45, 2.75) is 18.4 Å². The number of hydrogen-bond donors (Lipinski definition) is 1. The maximum atomic E-state index is 13.0. The first-order valence-electron chi connectivity index (χ1n) is 8.80. The molecule has 0 saturated carbocycles. The number of ketones is 1. The van der Waals surface area contributed by atoms with Crippen LogP contribution in [0, 0.1) is 0 Å². The number of benzene rings is 3. The Balaban J connectivity index is 1.61. The van der Waals surface area contributed by atoms with E-state index >= 15 is 0 Å². The monoisotopic (exact) mass is 358 g/mol. The van der Waals surface area contributed by atoms with Gasteiger partial charge in [0.05, 0.1) is 6.42 Å². The van der Waals surface area contributed by atoms with Gasteiger partial charge in [-0.3, -0.25) is 9.59 Å². The van der Waals surface area contributed by atoms with Gasteiger partial charge in [0.1, 0.15) is 5.75 Å². The lowest BCUT2D eigenvalue weighted by molar-refractivity contribution is -0.137. The first-order chi connectivity index (χ1) is 13.1. The second-order valence-electron chi connectivity index (χ2n) is 6.59. The molecule has 4 nitrogen and oxygen atoms in total. The van der Waals surface area contributed by atoms with Crippen LogP contribution in [-0.2, 0) is 4.79 Å². The maximum Gasteiger partial charge on any atom is 0.304 e. The highest BCUT2D eigenvalue weighted by Gasteiger charge is 2.40. The molecule has 2 atom stereocenters. The van der Waals surface area contributed by atoms with Crippen molar-refractivity contribution in [1.29, 1.82) is 0 Å². The van der Waals surface area contributed by atoms with Crippen molar-refractivity contribution < 1.29 is 19.4 Å². The minimum Gasteiger partial charge on any atom is -0.481 e. The number of para-hydroxylation sites is 1. The summed E-state index contributed by atoms with van der Waals surface area (Å²) in [6.45, 7) is 0. The molecule has 1 N–H and O–H groups in total. The Labute approximate surface area is 157 Å². The number of rotatable bonds is 5. The van der Waals surface area contributed by atoms with Crippen LogP contribution in [0.4, 0.5) is 0 Å². The number of aliphatic carboxylic acids is 1. The normalized spacial score (nSPS) is 17.8. The minimum absolute atomic E-state index is 0.143. The number of carbonyl (C=O) groups is 2. The highest BCUT2D eigenvalue weighted by Crippen LogP contribution is 2.41. The van der Waals surface area contributed by atoms with Crippen molar-refractivity contribution in [3.05, 3.63) is 90.0 Å². The molecule has 4 heteroatoms. The summed E-state index contributed by atoms with van der Waals surface area (Å²) in [5.74, 6) is -1.04. The molecule has 0 amide bonds. The Hall–Kier alpha value is -3.40. The topological polar surface area (TPSA) is 63.6 Å². The molecule has 3 aromatic carbocycles. The highest BCUT2D eigenvalue weighted by atomic mass is 16.5. The second-order valence-corrected chi connectivity index (χ2v) is 6.59. The van der Waals surface area contributed by atoms with Crippen LogP contribution in [0.25, 0.3) is 11.1 Å². The molecule has 4 rings (SSSR count). The number of ether oxygens (including phenoxy) is 1. The number of carboxylic acids is 1. The average Bonchev–Trinajstić information content (AvgIpc) is 3.06. The summed E-state index contributed by atoms with van der Waals surface area (Å²) in [6, 6.07) is 24.5. The van der Waals surface area contributed by atoms with E-state index in [9.17, 15) is 14.7 Å². The Bertz CT molecular complexity index is 977. The van der Waals surface area contributed by atoms with Crippen molar-refractivity contribution in [3.63, 3.8) is 0 Å². The molecule has 2 unspecified atom stereocenters. The molecule has 1 heterocycles. The molecule has 0 spiro atoms. The number of fused-ring (bicyclic) bond motifs is 1. The highest BCUT2D eigenvalue weighted by molar-refractivity contribution is 6.01. The fourth-order valence-electron chi connectivity index (χ4n) is 3.54. The van der Waals surface area contributed by atoms with Crippen LogP contribution in [-0.4, -0.2) is 23.0 Å². The Kier molecular flexibility index (Phi) is 4.47. The number of Topliss-reactive ketones (excluding diaryl/α,β-unsaturated/α-hetero) is 1. The fourth-order valence-corrected chi connectivity index (χ4v) is 3.54. The Morgan fingerprint density at radius 1 is 0.815 bits per heavy atom. The van der Waals surface area contributed by atoms with E-state index in [0.717, 1.165) is 16.7 Å². The van der Waals surface area contributed by atoms with Crippen LogP contribution >= 0.6 is 0 Å². The zero-order valence-electron chi connectivity index (χ0n) is 14.5. The lowest BCUT2D eigenvalue weighted by Gasteiger charge is -2.17. The van der Waals surface area contributed by atoms with Crippen LogP contribution in [0.5, 0.6) is 5.75 Å². The van der Waals surface area contributed by atoms with Gasteiger partial charge in [0.2, 0.25) is 5.78 Å². The largest absolute Gasteiger partial charge is 0.481 e. The Morgan fingerprint density at radius 3 is 2.15 bits per heavy atom. The molecule has 0 bridgehead atoms. The molecular weight excluding hydrogens is 340 g/mol. The summed E-state index contributed by atoms with van der Waals surface area (Å²) in [4.78, 5) is 24.3. The molecule has 1 aliphatic heterocycles. The van der Waals surface area contributed by atoms with E-state index in [1.54, 1.807) is 18.2 Å². The van der Waals surface area contributed by atoms with Gasteiger partial charge in [0.25, 0.3) is 0 Å². The number of hydrogen-bond acceptors (Lipinski definition) is 3. The van der Waals surface area contributed by atoms with E-state index in [1.807, 2.05) is 60.7 Å². The Morgan fingerprint density at radius 2 is 1.44 bits per heavy atom. The molecule has 0 radical (unpaired) electrons. The van der Waals surface area contributed by atoms with Crippen molar-refractivity contribution in [1.82, 2.24) is 0 Å². The van der Waals surface area contributed by atoms with E-state index in [1.165, 1.54) is 0 Å². The molecule has 134 valence electrons. The fraction of sp³-hybridized carbons (Fsp3) is 0.130. The zero-order chi connectivity index (χ0) is 18.8. The first-order valence-corrected chi connectivity index (χ1v) is 8.80. The third-order valence-corrected chi connectivity index (χ3v) is 4.87.